The molecule has 0 atom stereocenters. The second-order valence-electron chi connectivity index (χ2n) is 3.60. The van der Waals surface area contributed by atoms with Gasteiger partial charge in [-0.1, -0.05) is 11.6 Å². The highest BCUT2D eigenvalue weighted by Gasteiger charge is 2.15. The van der Waals surface area contributed by atoms with E-state index >= 15 is 0 Å². The largest absolute Gasteiger partial charge is 0.463 e. The summed E-state index contributed by atoms with van der Waals surface area (Å²) in [5, 5.41) is 0.733. The number of aliphatic imine (C=N–C) groups is 1. The number of aryl methyl sites for hydroxylation is 1. The minimum Gasteiger partial charge on any atom is -0.463 e. The second-order valence-corrected chi connectivity index (χ2v) is 4.03. The van der Waals surface area contributed by atoms with Crippen molar-refractivity contribution in [3.63, 3.8) is 0 Å². The lowest BCUT2D eigenvalue weighted by Crippen LogP contribution is -2.19. The highest BCUT2D eigenvalue weighted by Crippen LogP contribution is 2.23. The predicted molar refractivity (Wildman–Crippen MR) is 61.9 cm³/mol. The lowest BCUT2D eigenvalue weighted by atomic mass is 10.2. The Hall–Kier alpha value is -1.22. The molecule has 0 spiro atoms. The topological polar surface area (TPSA) is 24.8 Å². The number of nitrogens with zero attached hydrogens (tertiary/aromatic N) is 2. The van der Waals surface area contributed by atoms with Crippen LogP contribution in [0.2, 0.25) is 5.02 Å². The molecule has 1 saturated heterocycles. The average Bonchev–Trinajstić information content (AvgIpc) is 2.57. The van der Waals surface area contributed by atoms with Crippen LogP contribution < -0.4 is 0 Å². The van der Waals surface area contributed by atoms with E-state index in [9.17, 15) is 0 Å². The van der Waals surface area contributed by atoms with Crippen molar-refractivity contribution in [3.05, 3.63) is 28.8 Å². The zero-order chi connectivity index (χ0) is 10.8. The number of amidine groups is 1. The maximum Gasteiger partial charge on any atom is 0.292 e. The van der Waals surface area contributed by atoms with Crippen molar-refractivity contribution in [3.8, 4) is 0 Å². The summed E-state index contributed by atoms with van der Waals surface area (Å²) in [6.45, 7) is 3.59. The molecule has 0 unspecified atom stereocenters. The third-order valence-corrected chi connectivity index (χ3v) is 2.59. The summed E-state index contributed by atoms with van der Waals surface area (Å²) in [5.41, 5.74) is 1.96. The smallest absolute Gasteiger partial charge is 0.292 e. The van der Waals surface area contributed by atoms with E-state index in [4.69, 9.17) is 16.3 Å². The quantitative estimate of drug-likeness (QED) is 0.733. The first-order valence-corrected chi connectivity index (χ1v) is 5.23. The van der Waals surface area contributed by atoms with E-state index < -0.39 is 0 Å². The lowest BCUT2D eigenvalue weighted by molar-refractivity contribution is 0.352. The van der Waals surface area contributed by atoms with Crippen LogP contribution in [-0.4, -0.2) is 31.1 Å². The van der Waals surface area contributed by atoms with Crippen LogP contribution in [0.25, 0.3) is 0 Å². The standard InChI is InChI=1S/C11H13ClN2O/c1-8-7-9(12)3-4-10(8)13-11-14(2)5-6-15-11/h3-4,7H,5-6H2,1-2H3. The van der Waals surface area contributed by atoms with E-state index in [0.29, 0.717) is 12.6 Å². The van der Waals surface area contributed by atoms with E-state index in [-0.39, 0.29) is 0 Å². The predicted octanol–water partition coefficient (Wildman–Crippen LogP) is 2.60. The summed E-state index contributed by atoms with van der Waals surface area (Å²) in [7, 11) is 1.97. The maximum absolute atomic E-state index is 5.87. The summed E-state index contributed by atoms with van der Waals surface area (Å²) in [6.07, 6.45) is 0. The van der Waals surface area contributed by atoms with E-state index in [1.165, 1.54) is 0 Å². The maximum atomic E-state index is 5.87. The number of ether oxygens (including phenoxy) is 1. The van der Waals surface area contributed by atoms with Gasteiger partial charge >= 0.3 is 0 Å². The van der Waals surface area contributed by atoms with Crippen LogP contribution in [0, 0.1) is 6.92 Å². The van der Waals surface area contributed by atoms with E-state index in [0.717, 1.165) is 22.8 Å². The first kappa shape index (κ1) is 10.3. The Morgan fingerprint density at radius 2 is 2.27 bits per heavy atom. The molecule has 0 bridgehead atoms. The minimum atomic E-state index is 0.681. The van der Waals surface area contributed by atoms with Crippen molar-refractivity contribution in [2.45, 2.75) is 6.92 Å². The van der Waals surface area contributed by atoms with Gasteiger partial charge in [-0.3, -0.25) is 0 Å². The molecule has 1 aromatic carbocycles. The number of rotatable bonds is 1. The van der Waals surface area contributed by atoms with Crippen LogP contribution in [0.3, 0.4) is 0 Å². The van der Waals surface area contributed by atoms with Crippen molar-refractivity contribution in [2.24, 2.45) is 4.99 Å². The van der Waals surface area contributed by atoms with E-state index in [2.05, 4.69) is 4.99 Å². The van der Waals surface area contributed by atoms with Crippen LogP contribution in [0.15, 0.2) is 23.2 Å². The summed E-state index contributed by atoms with van der Waals surface area (Å²) in [4.78, 5) is 6.44. The summed E-state index contributed by atoms with van der Waals surface area (Å²) in [6, 6.07) is 6.32. The Morgan fingerprint density at radius 3 is 2.87 bits per heavy atom. The molecule has 0 aliphatic carbocycles. The van der Waals surface area contributed by atoms with Gasteiger partial charge in [0, 0.05) is 12.1 Å². The van der Waals surface area contributed by atoms with Crippen LogP contribution in [0.1, 0.15) is 5.56 Å². The van der Waals surface area contributed by atoms with Gasteiger partial charge in [0.2, 0.25) is 0 Å². The molecule has 4 heteroatoms. The molecule has 2 rings (SSSR count). The van der Waals surface area contributed by atoms with Gasteiger partial charge in [0.1, 0.15) is 6.61 Å². The van der Waals surface area contributed by atoms with E-state index in [1.54, 1.807) is 0 Å². The molecule has 15 heavy (non-hydrogen) atoms. The fourth-order valence-electron chi connectivity index (χ4n) is 1.44. The molecule has 1 aliphatic heterocycles. The monoisotopic (exact) mass is 224 g/mol. The molecular weight excluding hydrogens is 212 g/mol. The SMILES string of the molecule is Cc1cc(Cl)ccc1N=C1OCCN1C. The average molecular weight is 225 g/mol. The van der Waals surface area contributed by atoms with Crippen LogP contribution in [0.5, 0.6) is 0 Å². The van der Waals surface area contributed by atoms with Crippen molar-refractivity contribution in [1.29, 1.82) is 0 Å². The van der Waals surface area contributed by atoms with Crippen molar-refractivity contribution < 1.29 is 4.74 Å². The van der Waals surface area contributed by atoms with Gasteiger partial charge in [0.05, 0.1) is 12.2 Å². The molecule has 0 saturated carbocycles. The molecule has 1 fully saturated rings. The van der Waals surface area contributed by atoms with Crippen LogP contribution >= 0.6 is 11.6 Å². The fourth-order valence-corrected chi connectivity index (χ4v) is 1.67. The van der Waals surface area contributed by atoms with Gasteiger partial charge in [-0.25, -0.2) is 0 Å². The van der Waals surface area contributed by atoms with Gasteiger partial charge in [-0.2, -0.15) is 4.99 Å². The summed E-state index contributed by atoms with van der Waals surface area (Å²) < 4.78 is 5.40. The van der Waals surface area contributed by atoms with E-state index in [1.807, 2.05) is 37.1 Å². The Bertz CT molecular complexity index is 404. The van der Waals surface area contributed by atoms with Crippen molar-refractivity contribution >= 4 is 23.3 Å². The number of benzene rings is 1. The molecule has 0 N–H and O–H groups in total. The fraction of sp³-hybridized carbons (Fsp3) is 0.364. The number of halogens is 1. The Morgan fingerprint density at radius 1 is 1.47 bits per heavy atom. The highest BCUT2D eigenvalue weighted by molar-refractivity contribution is 6.30. The Kier molecular flexibility index (Phi) is 2.82. The van der Waals surface area contributed by atoms with Crippen LogP contribution in [0.4, 0.5) is 5.69 Å². The summed E-state index contributed by atoms with van der Waals surface area (Å²) in [5.74, 6) is 0. The number of hydrogen-bond donors (Lipinski definition) is 0. The Labute approximate surface area is 94.3 Å². The molecule has 0 amide bonds. The molecule has 80 valence electrons. The molecule has 0 radical (unpaired) electrons. The van der Waals surface area contributed by atoms with Crippen LogP contribution in [-0.2, 0) is 4.74 Å². The highest BCUT2D eigenvalue weighted by atomic mass is 35.5. The third kappa shape index (κ3) is 2.23. The molecule has 1 heterocycles. The number of hydrogen-bond acceptors (Lipinski definition) is 2. The van der Waals surface area contributed by atoms with Gasteiger partial charge in [-0.05, 0) is 30.7 Å². The first-order valence-electron chi connectivity index (χ1n) is 4.85. The first-order chi connectivity index (χ1) is 7.16. The molecule has 3 nitrogen and oxygen atoms in total. The van der Waals surface area contributed by atoms with Gasteiger partial charge in [0.15, 0.2) is 0 Å². The number of likely N-dealkylation sites (N-methyl/N-ethyl adjacent to an activating group) is 1. The molecular formula is C11H13ClN2O. The minimum absolute atomic E-state index is 0.681. The van der Waals surface area contributed by atoms with Gasteiger partial charge in [0.25, 0.3) is 6.02 Å². The third-order valence-electron chi connectivity index (χ3n) is 2.36. The zero-order valence-electron chi connectivity index (χ0n) is 8.83. The van der Waals surface area contributed by atoms with Crippen molar-refractivity contribution in [2.75, 3.05) is 20.2 Å². The second kappa shape index (κ2) is 4.11. The lowest BCUT2D eigenvalue weighted by Gasteiger charge is -2.08. The summed E-state index contributed by atoms with van der Waals surface area (Å²) >= 11 is 5.87. The molecule has 1 aromatic rings. The molecule has 0 aromatic heterocycles. The molecule has 1 aliphatic rings. The normalized spacial score (nSPS) is 18.3. The van der Waals surface area contributed by atoms with Gasteiger partial charge in [-0.15, -0.1) is 0 Å². The van der Waals surface area contributed by atoms with Gasteiger partial charge < -0.3 is 9.64 Å². The van der Waals surface area contributed by atoms with Crippen molar-refractivity contribution in [1.82, 2.24) is 4.90 Å². The Balaban J connectivity index is 2.30. The zero-order valence-corrected chi connectivity index (χ0v) is 9.58.